The van der Waals surface area contributed by atoms with Crippen LogP contribution in [0.25, 0.3) is 0 Å². The zero-order valence-corrected chi connectivity index (χ0v) is 17.8. The van der Waals surface area contributed by atoms with Crippen molar-refractivity contribution in [1.82, 2.24) is 0 Å². The number of halogens is 3. The average molecular weight is 430 g/mol. The predicted molar refractivity (Wildman–Crippen MR) is 116 cm³/mol. The van der Waals surface area contributed by atoms with E-state index in [9.17, 15) is 13.2 Å². The summed E-state index contributed by atoms with van der Waals surface area (Å²) in [5.74, 6) is 1.97. The summed E-state index contributed by atoms with van der Waals surface area (Å²) in [6, 6.07) is 8.36. The third kappa shape index (κ3) is 7.02. The zero-order valence-electron chi connectivity index (χ0n) is 17.8. The lowest BCUT2D eigenvalue weighted by Gasteiger charge is -2.36. The molecule has 2 fully saturated rings. The lowest BCUT2D eigenvalue weighted by molar-refractivity contribution is -0.274. The van der Waals surface area contributed by atoms with E-state index >= 15 is 0 Å². The van der Waals surface area contributed by atoms with E-state index in [1.807, 2.05) is 12.1 Å². The molecule has 0 heterocycles. The van der Waals surface area contributed by atoms with Gasteiger partial charge >= 0.3 is 6.36 Å². The van der Waals surface area contributed by atoms with Gasteiger partial charge in [-0.2, -0.15) is 5.26 Å². The van der Waals surface area contributed by atoms with Crippen LogP contribution in [0, 0.1) is 29.1 Å². The average Bonchev–Trinajstić information content (AvgIpc) is 2.76. The molecule has 1 aromatic rings. The van der Waals surface area contributed by atoms with Gasteiger partial charge in [-0.25, -0.2) is 0 Å². The van der Waals surface area contributed by atoms with Gasteiger partial charge in [0.05, 0.1) is 6.07 Å². The van der Waals surface area contributed by atoms with Crippen LogP contribution in [-0.2, 0) is 0 Å². The molecule has 2 aliphatic rings. The summed E-state index contributed by atoms with van der Waals surface area (Å²) in [6.07, 6.45) is 11.8. The minimum Gasteiger partial charge on any atom is -0.406 e. The normalized spacial score (nSPS) is 27.3. The summed E-state index contributed by atoms with van der Waals surface area (Å²) in [7, 11) is 0. The zero-order chi connectivity index (χ0) is 22.3. The second-order valence-electron chi connectivity index (χ2n) is 8.73. The van der Waals surface area contributed by atoms with Crippen LogP contribution in [0.4, 0.5) is 13.2 Å². The highest BCUT2D eigenvalue weighted by Crippen LogP contribution is 2.44. The van der Waals surface area contributed by atoms with Crippen molar-refractivity contribution >= 4 is 0 Å². The van der Waals surface area contributed by atoms with E-state index in [-0.39, 0.29) is 5.75 Å². The van der Waals surface area contributed by atoms with E-state index in [1.165, 1.54) is 49.5 Å². The molecule has 0 atom stereocenters. The summed E-state index contributed by atoms with van der Waals surface area (Å²) in [6.45, 7) is 4.47. The molecular formula is C26H30F3NO. The van der Waals surface area contributed by atoms with Crippen LogP contribution in [0.3, 0.4) is 0 Å². The fraction of sp³-hybridized carbons (Fsp3) is 0.500. The van der Waals surface area contributed by atoms with Gasteiger partial charge < -0.3 is 4.74 Å². The minimum absolute atomic E-state index is 0.162. The molecule has 2 saturated carbocycles. The molecule has 0 saturated heterocycles. The van der Waals surface area contributed by atoms with E-state index < -0.39 is 6.36 Å². The molecule has 0 spiro atoms. The molecule has 31 heavy (non-hydrogen) atoms. The van der Waals surface area contributed by atoms with Gasteiger partial charge in [-0.3, -0.25) is 0 Å². The smallest absolute Gasteiger partial charge is 0.406 e. The summed E-state index contributed by atoms with van der Waals surface area (Å²) < 4.78 is 40.9. The Balaban J connectivity index is 1.44. The molecule has 5 heteroatoms. The van der Waals surface area contributed by atoms with Crippen molar-refractivity contribution in [3.8, 4) is 11.8 Å². The first-order valence-corrected chi connectivity index (χ1v) is 11.1. The molecule has 2 nitrogen and oxygen atoms in total. The molecule has 0 N–H and O–H groups in total. The quantitative estimate of drug-likeness (QED) is 0.262. The van der Waals surface area contributed by atoms with Crippen molar-refractivity contribution < 1.29 is 17.9 Å². The van der Waals surface area contributed by atoms with Crippen LogP contribution in [0.15, 0.2) is 60.7 Å². The Labute approximate surface area is 183 Å². The van der Waals surface area contributed by atoms with Crippen LogP contribution in [0.1, 0.15) is 62.8 Å². The molecule has 166 valence electrons. The number of alkyl halides is 3. The highest BCUT2D eigenvalue weighted by Gasteiger charge is 2.32. The van der Waals surface area contributed by atoms with Crippen molar-refractivity contribution in [2.45, 2.75) is 63.6 Å². The Morgan fingerprint density at radius 3 is 2.06 bits per heavy atom. The highest BCUT2D eigenvalue weighted by molar-refractivity contribution is 5.30. The number of hydrogen-bond donors (Lipinski definition) is 0. The van der Waals surface area contributed by atoms with Crippen molar-refractivity contribution in [3.05, 3.63) is 66.3 Å². The first-order chi connectivity index (χ1) is 14.9. The van der Waals surface area contributed by atoms with E-state index in [2.05, 4.69) is 17.4 Å². The SMILES string of the molecule is C=C(C1CCC(/C=C/C=C/C#N)CC1)C1CCC(c2ccc(OC(F)(F)F)cc2)CC1. The number of nitriles is 1. The van der Waals surface area contributed by atoms with Gasteiger partial charge in [-0.15, -0.1) is 13.2 Å². The molecule has 0 aromatic heterocycles. The summed E-state index contributed by atoms with van der Waals surface area (Å²) in [4.78, 5) is 0. The third-order valence-electron chi connectivity index (χ3n) is 6.80. The standard InChI is InChI=1S/C26H30F3NO/c1-19(21-8-6-20(7-9-21)5-3-2-4-18-30)22-10-12-23(13-11-22)24-14-16-25(17-15-24)31-26(27,28)29/h2-5,14-17,20-23H,1,6-13H2/b4-2+,5-3+. The first kappa shape index (κ1) is 23.2. The molecule has 0 radical (unpaired) electrons. The molecular weight excluding hydrogens is 399 g/mol. The lowest BCUT2D eigenvalue weighted by Crippen LogP contribution is -2.22. The molecule has 3 rings (SSSR count). The van der Waals surface area contributed by atoms with Crippen molar-refractivity contribution in [1.29, 1.82) is 5.26 Å². The predicted octanol–water partition coefficient (Wildman–Crippen LogP) is 7.86. The van der Waals surface area contributed by atoms with Crippen molar-refractivity contribution in [3.63, 3.8) is 0 Å². The number of allylic oxidation sites excluding steroid dienone is 5. The second kappa shape index (κ2) is 10.7. The molecule has 0 aliphatic heterocycles. The van der Waals surface area contributed by atoms with Crippen molar-refractivity contribution in [2.24, 2.45) is 17.8 Å². The fourth-order valence-corrected chi connectivity index (χ4v) is 5.07. The number of benzene rings is 1. The monoisotopic (exact) mass is 429 g/mol. The number of hydrogen-bond acceptors (Lipinski definition) is 2. The van der Waals surface area contributed by atoms with E-state index in [4.69, 9.17) is 5.26 Å². The van der Waals surface area contributed by atoms with E-state index in [0.29, 0.717) is 23.7 Å². The van der Waals surface area contributed by atoms with E-state index in [1.54, 1.807) is 18.2 Å². The second-order valence-corrected chi connectivity index (χ2v) is 8.73. The Morgan fingerprint density at radius 1 is 0.935 bits per heavy atom. The van der Waals surface area contributed by atoms with Gasteiger partial charge in [0.15, 0.2) is 0 Å². The van der Waals surface area contributed by atoms with E-state index in [0.717, 1.165) is 31.2 Å². The van der Waals surface area contributed by atoms with Crippen LogP contribution in [0.5, 0.6) is 5.75 Å². The molecule has 0 amide bonds. The Morgan fingerprint density at radius 2 is 1.52 bits per heavy atom. The van der Waals surface area contributed by atoms with Crippen LogP contribution < -0.4 is 4.74 Å². The minimum atomic E-state index is -4.65. The van der Waals surface area contributed by atoms with Gasteiger partial charge in [0, 0.05) is 6.08 Å². The third-order valence-corrected chi connectivity index (χ3v) is 6.80. The lowest BCUT2D eigenvalue weighted by atomic mass is 9.70. The maximum atomic E-state index is 12.3. The highest BCUT2D eigenvalue weighted by atomic mass is 19.4. The van der Waals surface area contributed by atoms with Crippen molar-refractivity contribution in [2.75, 3.05) is 0 Å². The summed E-state index contributed by atoms with van der Waals surface area (Å²) >= 11 is 0. The molecule has 1 aromatic carbocycles. The van der Waals surface area contributed by atoms with Crippen LogP contribution >= 0.6 is 0 Å². The molecule has 0 bridgehead atoms. The maximum absolute atomic E-state index is 12.3. The van der Waals surface area contributed by atoms with Gasteiger partial charge in [-0.05, 0) is 92.7 Å². The van der Waals surface area contributed by atoms with Crippen LogP contribution in [-0.4, -0.2) is 6.36 Å². The van der Waals surface area contributed by atoms with Gasteiger partial charge in [-0.1, -0.05) is 42.5 Å². The Bertz CT molecular complexity index is 816. The molecule has 0 unspecified atom stereocenters. The van der Waals surface area contributed by atoms with Crippen LogP contribution in [0.2, 0.25) is 0 Å². The maximum Gasteiger partial charge on any atom is 0.573 e. The summed E-state index contributed by atoms with van der Waals surface area (Å²) in [5.41, 5.74) is 2.50. The Kier molecular flexibility index (Phi) is 8.01. The number of nitrogens with zero attached hydrogens (tertiary/aromatic N) is 1. The topological polar surface area (TPSA) is 33.0 Å². The number of rotatable bonds is 6. The largest absolute Gasteiger partial charge is 0.573 e. The first-order valence-electron chi connectivity index (χ1n) is 11.1. The summed E-state index contributed by atoms with van der Waals surface area (Å²) in [5, 5.41) is 8.53. The van der Waals surface area contributed by atoms with Gasteiger partial charge in [0.2, 0.25) is 0 Å². The van der Waals surface area contributed by atoms with Gasteiger partial charge in [0.1, 0.15) is 5.75 Å². The number of ether oxygens (including phenoxy) is 1. The fourth-order valence-electron chi connectivity index (χ4n) is 5.07. The Hall–Kier alpha value is -2.48. The molecule has 2 aliphatic carbocycles. The van der Waals surface area contributed by atoms with Gasteiger partial charge in [0.25, 0.3) is 0 Å².